The van der Waals surface area contributed by atoms with Crippen molar-refractivity contribution in [3.05, 3.63) is 18.1 Å². The Balaban J connectivity index is 2.66. The number of terminal acetylenes is 1. The van der Waals surface area contributed by atoms with Crippen molar-refractivity contribution < 1.29 is 0 Å². The van der Waals surface area contributed by atoms with Crippen molar-refractivity contribution in [1.82, 2.24) is 15.3 Å². The average molecular weight is 218 g/mol. The molecule has 0 aliphatic carbocycles. The van der Waals surface area contributed by atoms with E-state index in [4.69, 9.17) is 6.42 Å². The fourth-order valence-corrected chi connectivity index (χ4v) is 1.32. The summed E-state index contributed by atoms with van der Waals surface area (Å²) in [5.41, 5.74) is 0.947. The SMILES string of the molecule is C#CCN(CC)c1cnc(CNCC)cn1. The van der Waals surface area contributed by atoms with Crippen LogP contribution in [0, 0.1) is 12.3 Å². The Bertz CT molecular complexity index is 339. The molecule has 1 aromatic heterocycles. The highest BCUT2D eigenvalue weighted by Gasteiger charge is 2.04. The molecule has 0 saturated heterocycles. The van der Waals surface area contributed by atoms with Crippen LogP contribution in [0.3, 0.4) is 0 Å². The number of nitrogens with zero attached hydrogens (tertiary/aromatic N) is 3. The topological polar surface area (TPSA) is 41.1 Å². The molecule has 4 heteroatoms. The molecule has 0 atom stereocenters. The van der Waals surface area contributed by atoms with Crippen LogP contribution in [-0.4, -0.2) is 29.6 Å². The maximum atomic E-state index is 5.29. The van der Waals surface area contributed by atoms with Crippen LogP contribution >= 0.6 is 0 Å². The van der Waals surface area contributed by atoms with Crippen molar-refractivity contribution in [2.45, 2.75) is 20.4 Å². The summed E-state index contributed by atoms with van der Waals surface area (Å²) in [6.45, 7) is 7.20. The first-order valence-electron chi connectivity index (χ1n) is 5.51. The van der Waals surface area contributed by atoms with Crippen LogP contribution in [0.5, 0.6) is 0 Å². The smallest absolute Gasteiger partial charge is 0.147 e. The maximum absolute atomic E-state index is 5.29. The second-order valence-corrected chi connectivity index (χ2v) is 3.36. The van der Waals surface area contributed by atoms with Gasteiger partial charge in [0, 0.05) is 13.1 Å². The Morgan fingerprint density at radius 3 is 2.69 bits per heavy atom. The first-order chi connectivity index (χ1) is 7.81. The van der Waals surface area contributed by atoms with Crippen LogP contribution in [-0.2, 0) is 6.54 Å². The molecule has 1 N–H and O–H groups in total. The molecule has 0 amide bonds. The van der Waals surface area contributed by atoms with Gasteiger partial charge < -0.3 is 10.2 Å². The molecule has 0 aliphatic rings. The van der Waals surface area contributed by atoms with Gasteiger partial charge in [-0.2, -0.15) is 0 Å². The summed E-state index contributed by atoms with van der Waals surface area (Å²) in [4.78, 5) is 10.7. The van der Waals surface area contributed by atoms with E-state index in [1.165, 1.54) is 0 Å². The van der Waals surface area contributed by atoms with Gasteiger partial charge in [0.15, 0.2) is 0 Å². The third kappa shape index (κ3) is 3.52. The van der Waals surface area contributed by atoms with E-state index in [0.29, 0.717) is 6.54 Å². The minimum Gasteiger partial charge on any atom is -0.344 e. The number of rotatable bonds is 6. The van der Waals surface area contributed by atoms with Gasteiger partial charge in [0.25, 0.3) is 0 Å². The number of aromatic nitrogens is 2. The Labute approximate surface area is 97.1 Å². The normalized spacial score (nSPS) is 9.81. The largest absolute Gasteiger partial charge is 0.344 e. The Morgan fingerprint density at radius 1 is 1.38 bits per heavy atom. The van der Waals surface area contributed by atoms with Gasteiger partial charge in [-0.05, 0) is 13.5 Å². The molecule has 0 aromatic carbocycles. The zero-order valence-electron chi connectivity index (χ0n) is 9.90. The second-order valence-electron chi connectivity index (χ2n) is 3.36. The van der Waals surface area contributed by atoms with Crippen LogP contribution in [0.15, 0.2) is 12.4 Å². The maximum Gasteiger partial charge on any atom is 0.147 e. The number of nitrogens with one attached hydrogen (secondary N) is 1. The standard InChI is InChI=1S/C12H18N4/c1-4-7-16(6-3)12-10-14-11(9-15-12)8-13-5-2/h1,9-10,13H,5-8H2,2-3H3. The third-order valence-electron chi connectivity index (χ3n) is 2.24. The molecule has 1 aromatic rings. The fourth-order valence-electron chi connectivity index (χ4n) is 1.32. The van der Waals surface area contributed by atoms with E-state index in [0.717, 1.165) is 31.1 Å². The summed E-state index contributed by atoms with van der Waals surface area (Å²) in [6.07, 6.45) is 8.85. The van der Waals surface area contributed by atoms with Crippen LogP contribution < -0.4 is 10.2 Å². The van der Waals surface area contributed by atoms with Gasteiger partial charge in [-0.3, -0.25) is 4.98 Å². The quantitative estimate of drug-likeness (QED) is 0.725. The third-order valence-corrected chi connectivity index (χ3v) is 2.24. The van der Waals surface area contributed by atoms with Crippen molar-refractivity contribution in [2.24, 2.45) is 0 Å². The molecule has 16 heavy (non-hydrogen) atoms. The van der Waals surface area contributed by atoms with Crippen LogP contribution in [0.2, 0.25) is 0 Å². The van der Waals surface area contributed by atoms with E-state index in [1.54, 1.807) is 12.4 Å². The summed E-state index contributed by atoms with van der Waals surface area (Å²) in [7, 11) is 0. The van der Waals surface area contributed by atoms with Gasteiger partial charge in [0.2, 0.25) is 0 Å². The van der Waals surface area contributed by atoms with Gasteiger partial charge in [-0.25, -0.2) is 4.98 Å². The lowest BCUT2D eigenvalue weighted by Crippen LogP contribution is -2.24. The fraction of sp³-hybridized carbons (Fsp3) is 0.500. The first-order valence-corrected chi connectivity index (χ1v) is 5.51. The molecular formula is C12H18N4. The number of hydrogen-bond acceptors (Lipinski definition) is 4. The van der Waals surface area contributed by atoms with Crippen molar-refractivity contribution >= 4 is 5.82 Å². The predicted molar refractivity (Wildman–Crippen MR) is 66.1 cm³/mol. The van der Waals surface area contributed by atoms with Crippen LogP contribution in [0.1, 0.15) is 19.5 Å². The zero-order valence-corrected chi connectivity index (χ0v) is 9.90. The predicted octanol–water partition coefficient (Wildman–Crippen LogP) is 1.05. The van der Waals surface area contributed by atoms with E-state index < -0.39 is 0 Å². The number of hydrogen-bond donors (Lipinski definition) is 1. The molecule has 0 bridgehead atoms. The molecule has 0 aliphatic heterocycles. The molecule has 0 unspecified atom stereocenters. The van der Waals surface area contributed by atoms with E-state index in [-0.39, 0.29) is 0 Å². The van der Waals surface area contributed by atoms with Gasteiger partial charge in [0.05, 0.1) is 24.6 Å². The molecule has 0 fully saturated rings. The summed E-state index contributed by atoms with van der Waals surface area (Å²) >= 11 is 0. The van der Waals surface area contributed by atoms with Crippen molar-refractivity contribution in [3.8, 4) is 12.3 Å². The second kappa shape index (κ2) is 6.81. The molecule has 4 nitrogen and oxygen atoms in total. The summed E-state index contributed by atoms with van der Waals surface area (Å²) < 4.78 is 0. The van der Waals surface area contributed by atoms with Crippen LogP contribution in [0.4, 0.5) is 5.82 Å². The summed E-state index contributed by atoms with van der Waals surface area (Å²) in [6, 6.07) is 0. The Hall–Kier alpha value is -1.60. The average Bonchev–Trinajstić information content (AvgIpc) is 2.34. The Morgan fingerprint density at radius 2 is 2.19 bits per heavy atom. The molecule has 0 saturated carbocycles. The number of anilines is 1. The van der Waals surface area contributed by atoms with E-state index >= 15 is 0 Å². The minimum atomic E-state index is 0.567. The lowest BCUT2D eigenvalue weighted by molar-refractivity contribution is 0.706. The molecule has 86 valence electrons. The molecule has 1 heterocycles. The molecular weight excluding hydrogens is 200 g/mol. The van der Waals surface area contributed by atoms with Crippen molar-refractivity contribution in [3.63, 3.8) is 0 Å². The van der Waals surface area contributed by atoms with E-state index in [2.05, 4.69) is 28.1 Å². The van der Waals surface area contributed by atoms with Crippen LogP contribution in [0.25, 0.3) is 0 Å². The molecule has 1 rings (SSSR count). The summed E-state index contributed by atoms with van der Waals surface area (Å²) in [5.74, 6) is 3.45. The van der Waals surface area contributed by atoms with Gasteiger partial charge >= 0.3 is 0 Å². The van der Waals surface area contributed by atoms with E-state index in [9.17, 15) is 0 Å². The minimum absolute atomic E-state index is 0.567. The van der Waals surface area contributed by atoms with Gasteiger partial charge in [-0.15, -0.1) is 6.42 Å². The molecule has 0 spiro atoms. The van der Waals surface area contributed by atoms with Crippen molar-refractivity contribution in [2.75, 3.05) is 24.5 Å². The van der Waals surface area contributed by atoms with Gasteiger partial charge in [-0.1, -0.05) is 12.8 Å². The highest BCUT2D eigenvalue weighted by atomic mass is 15.2. The Kier molecular flexibility index (Phi) is 5.30. The summed E-state index contributed by atoms with van der Waals surface area (Å²) in [5, 5.41) is 3.20. The van der Waals surface area contributed by atoms with Gasteiger partial charge in [0.1, 0.15) is 5.82 Å². The van der Waals surface area contributed by atoms with E-state index in [1.807, 2.05) is 11.8 Å². The lowest BCUT2D eigenvalue weighted by Gasteiger charge is -2.18. The molecule has 0 radical (unpaired) electrons. The highest BCUT2D eigenvalue weighted by molar-refractivity contribution is 5.37. The van der Waals surface area contributed by atoms with Crippen molar-refractivity contribution in [1.29, 1.82) is 0 Å². The highest BCUT2D eigenvalue weighted by Crippen LogP contribution is 2.07. The monoisotopic (exact) mass is 218 g/mol. The lowest BCUT2D eigenvalue weighted by atomic mass is 10.4. The first kappa shape index (κ1) is 12.5. The zero-order chi connectivity index (χ0) is 11.8.